The fourth-order valence-corrected chi connectivity index (χ4v) is 4.58. The van der Waals surface area contributed by atoms with Crippen molar-refractivity contribution in [3.05, 3.63) is 29.8 Å². The smallest absolute Gasteiger partial charge is 0.254 e. The summed E-state index contributed by atoms with van der Waals surface area (Å²) in [6.07, 6.45) is 5.04. The number of carbonyl (C=O) groups excluding carboxylic acids is 1. The fraction of sp³-hybridized carbons (Fsp3) is 0.650. The molecule has 0 unspecified atom stereocenters. The number of likely N-dealkylation sites (tertiary alicyclic amines) is 2. The van der Waals surface area contributed by atoms with Crippen molar-refractivity contribution >= 4 is 5.91 Å². The minimum absolute atomic E-state index is 0.0294. The van der Waals surface area contributed by atoms with Gasteiger partial charge in [-0.25, -0.2) is 0 Å². The van der Waals surface area contributed by atoms with Gasteiger partial charge in [-0.15, -0.1) is 0 Å². The van der Waals surface area contributed by atoms with Gasteiger partial charge in [0.05, 0.1) is 5.54 Å². The Morgan fingerprint density at radius 2 is 2.08 bits per heavy atom. The zero-order chi connectivity index (χ0) is 17.4. The molecule has 2 heterocycles. The minimum atomic E-state index is 0.0294. The van der Waals surface area contributed by atoms with Gasteiger partial charge in [0, 0.05) is 38.9 Å². The Hall–Kier alpha value is -1.59. The number of nitrogens with zero attached hydrogens (tertiary/aromatic N) is 2. The number of methoxy groups -OCH3 is 1. The highest BCUT2D eigenvalue weighted by Crippen LogP contribution is 2.42. The maximum atomic E-state index is 12.7. The van der Waals surface area contributed by atoms with Crippen molar-refractivity contribution in [1.29, 1.82) is 0 Å². The summed E-state index contributed by atoms with van der Waals surface area (Å²) in [4.78, 5) is 17.3. The SMILES string of the molecule is COC[C@H]1CCN(CC2CC2)C2(C1)CN(C(=O)c1cccc(O)c1)C2. The highest BCUT2D eigenvalue weighted by atomic mass is 16.5. The number of amides is 1. The second-order valence-electron chi connectivity index (χ2n) is 8.14. The van der Waals surface area contributed by atoms with E-state index in [-0.39, 0.29) is 17.2 Å². The van der Waals surface area contributed by atoms with Crippen molar-refractivity contribution in [2.45, 2.75) is 31.2 Å². The molecule has 2 aliphatic heterocycles. The maximum absolute atomic E-state index is 12.7. The van der Waals surface area contributed by atoms with Gasteiger partial charge in [0.15, 0.2) is 0 Å². The van der Waals surface area contributed by atoms with Crippen LogP contribution >= 0.6 is 0 Å². The van der Waals surface area contributed by atoms with Crippen molar-refractivity contribution in [3.63, 3.8) is 0 Å². The van der Waals surface area contributed by atoms with Crippen molar-refractivity contribution in [2.75, 3.05) is 39.9 Å². The summed E-state index contributed by atoms with van der Waals surface area (Å²) < 4.78 is 5.40. The second-order valence-corrected chi connectivity index (χ2v) is 8.14. The Morgan fingerprint density at radius 3 is 2.76 bits per heavy atom. The fourth-order valence-electron chi connectivity index (χ4n) is 4.58. The Morgan fingerprint density at radius 1 is 1.28 bits per heavy atom. The van der Waals surface area contributed by atoms with Crippen LogP contribution in [0.5, 0.6) is 5.75 Å². The van der Waals surface area contributed by atoms with E-state index in [9.17, 15) is 9.90 Å². The molecule has 1 saturated carbocycles. The summed E-state index contributed by atoms with van der Waals surface area (Å²) in [7, 11) is 1.78. The molecule has 0 radical (unpaired) electrons. The van der Waals surface area contributed by atoms with Crippen LogP contribution in [-0.4, -0.2) is 66.2 Å². The molecule has 5 heteroatoms. The first-order valence-corrected chi connectivity index (χ1v) is 9.42. The van der Waals surface area contributed by atoms with Crippen LogP contribution in [-0.2, 0) is 4.74 Å². The summed E-state index contributed by atoms with van der Waals surface area (Å²) >= 11 is 0. The van der Waals surface area contributed by atoms with Gasteiger partial charge in [-0.2, -0.15) is 0 Å². The molecule has 0 aromatic heterocycles. The van der Waals surface area contributed by atoms with Crippen LogP contribution in [0, 0.1) is 11.8 Å². The zero-order valence-electron chi connectivity index (χ0n) is 15.0. The number of phenolic OH excluding ortho intramolecular Hbond substituents is 1. The van der Waals surface area contributed by atoms with Crippen LogP contribution in [0.15, 0.2) is 24.3 Å². The molecule has 1 amide bonds. The van der Waals surface area contributed by atoms with E-state index < -0.39 is 0 Å². The molecule has 1 aromatic carbocycles. The van der Waals surface area contributed by atoms with Gasteiger partial charge in [-0.1, -0.05) is 6.07 Å². The normalized spacial score (nSPS) is 25.8. The number of piperidine rings is 1. The average Bonchev–Trinajstić information content (AvgIpc) is 3.38. The first kappa shape index (κ1) is 16.9. The highest BCUT2D eigenvalue weighted by Gasteiger charge is 2.52. The van der Waals surface area contributed by atoms with E-state index in [0.717, 1.165) is 38.6 Å². The highest BCUT2D eigenvalue weighted by molar-refractivity contribution is 5.95. The third-order valence-electron chi connectivity index (χ3n) is 6.08. The Kier molecular flexibility index (Phi) is 4.46. The molecule has 1 N–H and O–H groups in total. The molecule has 5 nitrogen and oxygen atoms in total. The van der Waals surface area contributed by atoms with E-state index in [1.807, 2.05) is 4.90 Å². The molecule has 3 fully saturated rings. The van der Waals surface area contributed by atoms with Crippen LogP contribution in [0.3, 0.4) is 0 Å². The quantitative estimate of drug-likeness (QED) is 0.891. The average molecular weight is 344 g/mol. The van der Waals surface area contributed by atoms with Crippen LogP contribution < -0.4 is 0 Å². The van der Waals surface area contributed by atoms with E-state index in [1.54, 1.807) is 31.4 Å². The van der Waals surface area contributed by atoms with Crippen molar-refractivity contribution in [2.24, 2.45) is 11.8 Å². The lowest BCUT2D eigenvalue weighted by atomic mass is 9.74. The molecule has 25 heavy (non-hydrogen) atoms. The van der Waals surface area contributed by atoms with Crippen LogP contribution in [0.25, 0.3) is 0 Å². The number of ether oxygens (including phenoxy) is 1. The molecule has 136 valence electrons. The lowest BCUT2D eigenvalue weighted by molar-refractivity contribution is -0.0870. The molecule has 4 rings (SSSR count). The molecule has 1 aliphatic carbocycles. The summed E-state index contributed by atoms with van der Waals surface area (Å²) in [5, 5.41) is 9.63. The largest absolute Gasteiger partial charge is 0.508 e. The van der Waals surface area contributed by atoms with Crippen molar-refractivity contribution in [1.82, 2.24) is 9.80 Å². The topological polar surface area (TPSA) is 53.0 Å². The molecular formula is C20H28N2O3. The van der Waals surface area contributed by atoms with E-state index in [0.29, 0.717) is 11.5 Å². The van der Waals surface area contributed by atoms with E-state index in [1.165, 1.54) is 25.8 Å². The Labute approximate surface area is 149 Å². The molecule has 2 saturated heterocycles. The van der Waals surface area contributed by atoms with Crippen LogP contribution in [0.4, 0.5) is 0 Å². The molecular weight excluding hydrogens is 316 g/mol. The lowest BCUT2D eigenvalue weighted by Crippen LogP contribution is -2.73. The van der Waals surface area contributed by atoms with Crippen molar-refractivity contribution < 1.29 is 14.6 Å². The summed E-state index contributed by atoms with van der Waals surface area (Å²) in [5.41, 5.74) is 0.712. The van der Waals surface area contributed by atoms with E-state index >= 15 is 0 Å². The Bertz CT molecular complexity index is 638. The number of benzene rings is 1. The van der Waals surface area contributed by atoms with Gasteiger partial charge in [0.25, 0.3) is 5.91 Å². The number of hydrogen-bond acceptors (Lipinski definition) is 4. The summed E-state index contributed by atoms with van der Waals surface area (Å²) in [6, 6.07) is 6.67. The van der Waals surface area contributed by atoms with Crippen LogP contribution in [0.1, 0.15) is 36.0 Å². The van der Waals surface area contributed by atoms with Gasteiger partial charge in [-0.05, 0) is 62.3 Å². The third-order valence-corrected chi connectivity index (χ3v) is 6.08. The molecule has 1 aromatic rings. The summed E-state index contributed by atoms with van der Waals surface area (Å²) in [6.45, 7) is 4.73. The number of hydrogen-bond donors (Lipinski definition) is 1. The molecule has 1 atom stereocenters. The van der Waals surface area contributed by atoms with Crippen LogP contribution in [0.2, 0.25) is 0 Å². The molecule has 3 aliphatic rings. The van der Waals surface area contributed by atoms with Gasteiger partial charge in [0.1, 0.15) is 5.75 Å². The predicted molar refractivity (Wildman–Crippen MR) is 95.6 cm³/mol. The number of phenols is 1. The van der Waals surface area contributed by atoms with Gasteiger partial charge >= 0.3 is 0 Å². The van der Waals surface area contributed by atoms with E-state index in [2.05, 4.69) is 4.90 Å². The van der Waals surface area contributed by atoms with E-state index in [4.69, 9.17) is 4.74 Å². The molecule has 1 spiro atoms. The number of aromatic hydroxyl groups is 1. The molecule has 0 bridgehead atoms. The second kappa shape index (κ2) is 6.61. The first-order valence-electron chi connectivity index (χ1n) is 9.42. The third kappa shape index (κ3) is 3.40. The summed E-state index contributed by atoms with van der Waals surface area (Å²) in [5.74, 6) is 1.64. The minimum Gasteiger partial charge on any atom is -0.508 e. The maximum Gasteiger partial charge on any atom is 0.254 e. The number of carbonyl (C=O) groups is 1. The lowest BCUT2D eigenvalue weighted by Gasteiger charge is -2.59. The standard InChI is InChI=1S/C20H28N2O3/c1-25-12-16-7-8-22(11-15-5-6-15)20(10-16)13-21(14-20)19(24)17-3-2-4-18(23)9-17/h2-4,9,15-16,23H,5-8,10-14H2,1H3/t16-/m0/s1. The predicted octanol–water partition coefficient (Wildman–Crippen LogP) is 2.36. The Balaban J connectivity index is 1.45. The van der Waals surface area contributed by atoms with Gasteiger partial charge < -0.3 is 14.7 Å². The van der Waals surface area contributed by atoms with Crippen molar-refractivity contribution in [3.8, 4) is 5.75 Å². The number of rotatable bonds is 5. The first-order chi connectivity index (χ1) is 12.1. The monoisotopic (exact) mass is 344 g/mol. The zero-order valence-corrected chi connectivity index (χ0v) is 15.0. The van der Waals surface area contributed by atoms with Gasteiger partial charge in [0.2, 0.25) is 0 Å². The van der Waals surface area contributed by atoms with Gasteiger partial charge in [-0.3, -0.25) is 9.69 Å².